The topological polar surface area (TPSA) is 83.3 Å². The van der Waals surface area contributed by atoms with Crippen LogP contribution in [0.2, 0.25) is 0 Å². The van der Waals surface area contributed by atoms with E-state index >= 15 is 0 Å². The number of amides is 1. The number of piperidine rings is 2. The first-order chi connectivity index (χ1) is 14.0. The minimum Gasteiger partial charge on any atom is -0.396 e. The second-order valence-electron chi connectivity index (χ2n) is 7.81. The molecular formula is C20H25F2N5O2. The normalized spacial score (nSPS) is 24.4. The molecule has 29 heavy (non-hydrogen) atoms. The number of halogens is 2. The van der Waals surface area contributed by atoms with Crippen molar-refractivity contribution in [3.63, 3.8) is 0 Å². The van der Waals surface area contributed by atoms with Crippen molar-refractivity contribution in [3.8, 4) is 5.69 Å². The monoisotopic (exact) mass is 405 g/mol. The molecule has 0 spiro atoms. The molecular weight excluding hydrogens is 380 g/mol. The van der Waals surface area contributed by atoms with Crippen molar-refractivity contribution in [2.24, 2.45) is 5.92 Å². The Bertz CT molecular complexity index is 848. The van der Waals surface area contributed by atoms with E-state index in [1.807, 2.05) is 6.07 Å². The van der Waals surface area contributed by atoms with Gasteiger partial charge in [0.1, 0.15) is 0 Å². The van der Waals surface area contributed by atoms with Crippen molar-refractivity contribution in [1.29, 1.82) is 0 Å². The first kappa shape index (κ1) is 19.9. The Morgan fingerprint density at radius 1 is 1.34 bits per heavy atom. The number of carbonyl (C=O) groups is 1. The molecule has 2 fully saturated rings. The lowest BCUT2D eigenvalue weighted by atomic mass is 9.91. The lowest BCUT2D eigenvalue weighted by Gasteiger charge is -2.31. The van der Waals surface area contributed by atoms with Crippen LogP contribution < -0.4 is 5.32 Å². The highest BCUT2D eigenvalue weighted by Gasteiger charge is 2.37. The molecule has 2 saturated heterocycles. The fourth-order valence-electron chi connectivity index (χ4n) is 4.02. The third-order valence-corrected chi connectivity index (χ3v) is 5.76. The third kappa shape index (κ3) is 4.30. The van der Waals surface area contributed by atoms with Crippen LogP contribution >= 0.6 is 0 Å². The zero-order valence-electron chi connectivity index (χ0n) is 16.1. The van der Waals surface area contributed by atoms with Crippen LogP contribution in [-0.4, -0.2) is 62.8 Å². The molecule has 0 aromatic carbocycles. The van der Waals surface area contributed by atoms with Crippen LogP contribution in [-0.2, 0) is 0 Å². The summed E-state index contributed by atoms with van der Waals surface area (Å²) < 4.78 is 28.6. The summed E-state index contributed by atoms with van der Waals surface area (Å²) >= 11 is 0. The predicted octanol–water partition coefficient (Wildman–Crippen LogP) is 2.17. The van der Waals surface area contributed by atoms with Crippen LogP contribution in [0.3, 0.4) is 0 Å². The highest BCUT2D eigenvalue weighted by molar-refractivity contribution is 5.92. The molecule has 0 radical (unpaired) electrons. The minimum atomic E-state index is -2.71. The molecule has 2 aromatic rings. The highest BCUT2D eigenvalue weighted by Crippen LogP contribution is 2.31. The van der Waals surface area contributed by atoms with Gasteiger partial charge in [0.2, 0.25) is 0 Å². The van der Waals surface area contributed by atoms with Gasteiger partial charge in [-0.05, 0) is 43.5 Å². The number of rotatable bonds is 4. The number of nitrogens with zero attached hydrogens (tertiary/aromatic N) is 4. The van der Waals surface area contributed by atoms with Crippen molar-refractivity contribution in [2.45, 2.75) is 37.6 Å². The van der Waals surface area contributed by atoms with E-state index in [4.69, 9.17) is 0 Å². The second-order valence-corrected chi connectivity index (χ2v) is 7.81. The maximum absolute atomic E-state index is 13.5. The van der Waals surface area contributed by atoms with Crippen LogP contribution in [0.4, 0.5) is 8.78 Å². The van der Waals surface area contributed by atoms with Crippen molar-refractivity contribution in [1.82, 2.24) is 25.0 Å². The number of nitrogens with one attached hydrogen (secondary N) is 1. The second kappa shape index (κ2) is 8.16. The van der Waals surface area contributed by atoms with E-state index in [1.165, 1.54) is 4.90 Å². The van der Waals surface area contributed by atoms with Gasteiger partial charge in [0.15, 0.2) is 5.69 Å². The number of hydrogen-bond donors (Lipinski definition) is 2. The Kier molecular flexibility index (Phi) is 5.60. The molecule has 2 aliphatic heterocycles. The van der Waals surface area contributed by atoms with Gasteiger partial charge in [-0.3, -0.25) is 9.78 Å². The molecule has 0 aliphatic carbocycles. The Morgan fingerprint density at radius 2 is 2.14 bits per heavy atom. The van der Waals surface area contributed by atoms with E-state index in [9.17, 15) is 18.7 Å². The maximum atomic E-state index is 13.5. The number of carbonyl (C=O) groups excluding carboxylic acids is 1. The molecule has 156 valence electrons. The summed E-state index contributed by atoms with van der Waals surface area (Å²) in [6.45, 7) is 0.927. The van der Waals surface area contributed by atoms with Crippen molar-refractivity contribution in [3.05, 3.63) is 42.0 Å². The number of alkyl halides is 2. The fourth-order valence-corrected chi connectivity index (χ4v) is 4.02. The van der Waals surface area contributed by atoms with E-state index in [0.717, 1.165) is 30.8 Å². The van der Waals surface area contributed by atoms with Gasteiger partial charge in [-0.25, -0.2) is 13.5 Å². The van der Waals surface area contributed by atoms with Crippen LogP contribution in [0.5, 0.6) is 0 Å². The largest absolute Gasteiger partial charge is 0.396 e. The van der Waals surface area contributed by atoms with Crippen LogP contribution in [0.15, 0.2) is 30.6 Å². The molecule has 4 heterocycles. The SMILES string of the molecule is O=C(c1cc(C2CC(CO)CCN2)n(-c2cccnc2)n1)N1CCC(F)(F)CC1. The molecule has 2 N–H and O–H groups in total. The summed E-state index contributed by atoms with van der Waals surface area (Å²) in [5, 5.41) is 17.5. The fraction of sp³-hybridized carbons (Fsp3) is 0.550. The van der Waals surface area contributed by atoms with Crippen molar-refractivity contribution in [2.75, 3.05) is 26.2 Å². The quantitative estimate of drug-likeness (QED) is 0.815. The average molecular weight is 405 g/mol. The molecule has 2 aliphatic rings. The van der Waals surface area contributed by atoms with E-state index in [0.29, 0.717) is 0 Å². The lowest BCUT2D eigenvalue weighted by Crippen LogP contribution is -2.42. The summed E-state index contributed by atoms with van der Waals surface area (Å²) in [4.78, 5) is 18.5. The minimum absolute atomic E-state index is 0.0230. The molecule has 7 nitrogen and oxygen atoms in total. The lowest BCUT2D eigenvalue weighted by molar-refractivity contribution is -0.0495. The van der Waals surface area contributed by atoms with E-state index in [1.54, 1.807) is 29.2 Å². The molecule has 2 unspecified atom stereocenters. The number of hydrogen-bond acceptors (Lipinski definition) is 5. The molecule has 1 amide bonds. The molecule has 0 saturated carbocycles. The van der Waals surface area contributed by atoms with Gasteiger partial charge in [-0.2, -0.15) is 5.10 Å². The number of aliphatic hydroxyl groups excluding tert-OH is 1. The van der Waals surface area contributed by atoms with Gasteiger partial charge in [-0.1, -0.05) is 0 Å². The molecule has 2 aromatic heterocycles. The van der Waals surface area contributed by atoms with Gasteiger partial charge >= 0.3 is 0 Å². The molecule has 9 heteroatoms. The van der Waals surface area contributed by atoms with Crippen LogP contribution in [0.1, 0.15) is 47.9 Å². The van der Waals surface area contributed by atoms with Gasteiger partial charge in [0.05, 0.1) is 17.6 Å². The maximum Gasteiger partial charge on any atom is 0.274 e. The zero-order valence-corrected chi connectivity index (χ0v) is 16.1. The summed E-state index contributed by atoms with van der Waals surface area (Å²) in [5.41, 5.74) is 1.77. The summed E-state index contributed by atoms with van der Waals surface area (Å²) in [6, 6.07) is 5.31. The summed E-state index contributed by atoms with van der Waals surface area (Å²) in [7, 11) is 0. The van der Waals surface area contributed by atoms with Gasteiger partial charge in [0.25, 0.3) is 11.8 Å². The number of pyridine rings is 1. The van der Waals surface area contributed by atoms with Gasteiger partial charge < -0.3 is 15.3 Å². The standard InChI is InChI=1S/C20H25F2N5O2/c21-20(22)4-8-26(9-5-20)19(29)17-11-18(16-10-14(13-28)3-7-24-16)27(25-17)15-2-1-6-23-12-15/h1-2,6,11-12,14,16,24,28H,3-5,7-10,13H2. The number of aliphatic hydroxyl groups is 1. The zero-order chi connectivity index (χ0) is 20.4. The first-order valence-electron chi connectivity index (χ1n) is 9.98. The van der Waals surface area contributed by atoms with Crippen molar-refractivity contribution < 1.29 is 18.7 Å². The van der Waals surface area contributed by atoms with Crippen LogP contribution in [0, 0.1) is 5.92 Å². The summed E-state index contributed by atoms with van der Waals surface area (Å²) in [5.74, 6) is -2.86. The van der Waals surface area contributed by atoms with E-state index < -0.39 is 5.92 Å². The Morgan fingerprint density at radius 3 is 2.83 bits per heavy atom. The number of likely N-dealkylation sites (tertiary alicyclic amines) is 1. The van der Waals surface area contributed by atoms with E-state index in [-0.39, 0.29) is 56.1 Å². The Labute approximate surface area is 167 Å². The molecule has 0 bridgehead atoms. The molecule has 4 rings (SSSR count). The average Bonchev–Trinajstić information content (AvgIpc) is 3.19. The Balaban J connectivity index is 1.64. The number of aromatic nitrogens is 3. The molecule has 2 atom stereocenters. The smallest absolute Gasteiger partial charge is 0.274 e. The van der Waals surface area contributed by atoms with Crippen molar-refractivity contribution >= 4 is 5.91 Å². The first-order valence-corrected chi connectivity index (χ1v) is 9.98. The summed E-state index contributed by atoms with van der Waals surface area (Å²) in [6.07, 6.45) is 4.30. The van der Waals surface area contributed by atoms with Gasteiger partial charge in [-0.15, -0.1) is 0 Å². The predicted molar refractivity (Wildman–Crippen MR) is 102 cm³/mol. The van der Waals surface area contributed by atoms with E-state index in [2.05, 4.69) is 15.4 Å². The van der Waals surface area contributed by atoms with Crippen LogP contribution in [0.25, 0.3) is 5.69 Å². The third-order valence-electron chi connectivity index (χ3n) is 5.76. The Hall–Kier alpha value is -2.39. The highest BCUT2D eigenvalue weighted by atomic mass is 19.3. The van der Waals surface area contributed by atoms with Gasteiger partial charge in [0, 0.05) is 44.8 Å².